The van der Waals surface area contributed by atoms with Crippen LogP contribution in [0.25, 0.3) is 0 Å². The predicted molar refractivity (Wildman–Crippen MR) is 177 cm³/mol. The summed E-state index contributed by atoms with van der Waals surface area (Å²) >= 11 is 1.36. The second-order valence-electron chi connectivity index (χ2n) is 10.8. The average Bonchev–Trinajstić information content (AvgIpc) is 3.46. The lowest BCUT2D eigenvalue weighted by molar-refractivity contribution is 0.248. The van der Waals surface area contributed by atoms with Gasteiger partial charge in [-0.1, -0.05) is 60.7 Å². The molecule has 0 amide bonds. The van der Waals surface area contributed by atoms with Crippen LogP contribution in [-0.2, 0) is 22.1 Å². The van der Waals surface area contributed by atoms with E-state index >= 15 is 0 Å². The molecule has 12 heteroatoms. The lowest BCUT2D eigenvalue weighted by atomic mass is 10.2. The lowest BCUT2D eigenvalue weighted by Crippen LogP contribution is -2.46. The molecule has 45 heavy (non-hydrogen) atoms. The zero-order valence-corrected chi connectivity index (χ0v) is 26.8. The molecule has 1 aliphatic rings. The van der Waals surface area contributed by atoms with Crippen LogP contribution in [0.5, 0.6) is 5.75 Å². The van der Waals surface area contributed by atoms with Gasteiger partial charge in [0.15, 0.2) is 32.4 Å². The molecule has 1 fully saturated rings. The minimum atomic E-state index is -3.48. The van der Waals surface area contributed by atoms with E-state index in [9.17, 15) is 8.42 Å². The van der Waals surface area contributed by atoms with Crippen molar-refractivity contribution in [1.29, 1.82) is 0 Å². The molecule has 5 aromatic rings. The van der Waals surface area contributed by atoms with Crippen LogP contribution in [0.1, 0.15) is 16.8 Å². The van der Waals surface area contributed by atoms with Gasteiger partial charge in [-0.2, -0.15) is 5.10 Å². The molecule has 1 saturated heterocycles. The lowest BCUT2D eigenvalue weighted by Gasteiger charge is -2.36. The molecular weight excluding hydrogens is 607 g/mol. The van der Waals surface area contributed by atoms with Crippen molar-refractivity contribution in [3.63, 3.8) is 0 Å². The molecule has 10 nitrogen and oxygen atoms in total. The van der Waals surface area contributed by atoms with E-state index in [1.54, 1.807) is 31.4 Å². The number of nitrogens with zero attached hydrogens (tertiary/aromatic N) is 5. The molecule has 6 rings (SSSR count). The maximum atomic E-state index is 13.0. The Balaban J connectivity index is 1.24. The summed E-state index contributed by atoms with van der Waals surface area (Å²) in [5, 5.41) is 11.1. The van der Waals surface area contributed by atoms with Crippen LogP contribution in [0.3, 0.4) is 0 Å². The second kappa shape index (κ2) is 13.7. The van der Waals surface area contributed by atoms with Gasteiger partial charge in [-0.3, -0.25) is 10.00 Å². The first-order valence-corrected chi connectivity index (χ1v) is 17.1. The largest absolute Gasteiger partial charge is 0.490 e. The van der Waals surface area contributed by atoms with Crippen LogP contribution in [0.2, 0.25) is 0 Å². The number of ether oxygens (including phenoxy) is 1. The van der Waals surface area contributed by atoms with E-state index < -0.39 is 9.84 Å². The number of anilines is 3. The molecule has 0 unspecified atom stereocenters. The van der Waals surface area contributed by atoms with Gasteiger partial charge in [0.05, 0.1) is 17.8 Å². The molecule has 0 spiro atoms. The van der Waals surface area contributed by atoms with Crippen molar-refractivity contribution in [1.82, 2.24) is 25.1 Å². The summed E-state index contributed by atoms with van der Waals surface area (Å²) in [6, 6.07) is 28.5. The van der Waals surface area contributed by atoms with Crippen molar-refractivity contribution < 1.29 is 13.2 Å². The van der Waals surface area contributed by atoms with Gasteiger partial charge in [-0.05, 0) is 54.1 Å². The Morgan fingerprint density at radius 3 is 2.18 bits per heavy atom. The van der Waals surface area contributed by atoms with Crippen molar-refractivity contribution in [3.05, 3.63) is 108 Å². The highest BCUT2D eigenvalue weighted by Crippen LogP contribution is 2.38. The number of hydrogen-bond donors (Lipinski definition) is 2. The standard InChI is InChI=1S/C33H35N7O3S2/c1-24-21-29(38-37-24)34-31-30(43-2)32(40-19-17-39(18-20-40)22-25-9-5-3-6-10-25)36-33(35-31)44-27-13-15-28(16-14-27)45(41,42)23-26-11-7-4-8-12-26/h3-16,21H,17-20,22-23H2,1-2H3,(H2,34,35,36,37,38). The molecule has 1 aliphatic heterocycles. The zero-order valence-electron chi connectivity index (χ0n) is 25.2. The summed E-state index contributed by atoms with van der Waals surface area (Å²) in [6.45, 7) is 6.15. The first-order valence-electron chi connectivity index (χ1n) is 14.7. The summed E-state index contributed by atoms with van der Waals surface area (Å²) in [7, 11) is -1.86. The molecule has 3 heterocycles. The van der Waals surface area contributed by atoms with Crippen LogP contribution in [0.4, 0.5) is 17.5 Å². The number of aromatic amines is 1. The van der Waals surface area contributed by atoms with Gasteiger partial charge in [0.25, 0.3) is 0 Å². The minimum absolute atomic E-state index is 0.0500. The highest BCUT2D eigenvalue weighted by Gasteiger charge is 2.26. The number of piperazine rings is 1. The van der Waals surface area contributed by atoms with Crippen LogP contribution in [-0.4, -0.2) is 66.8 Å². The fourth-order valence-corrected chi connectivity index (χ4v) is 7.31. The molecule has 3 aromatic carbocycles. The van der Waals surface area contributed by atoms with Gasteiger partial charge < -0.3 is 15.0 Å². The topological polar surface area (TPSA) is 116 Å². The molecule has 0 saturated carbocycles. The molecule has 0 atom stereocenters. The number of nitrogens with one attached hydrogen (secondary N) is 2. The molecular formula is C33H35N7O3S2. The summed E-state index contributed by atoms with van der Waals surface area (Å²) in [6.07, 6.45) is 0. The van der Waals surface area contributed by atoms with Gasteiger partial charge in [0, 0.05) is 49.4 Å². The Morgan fingerprint density at radius 2 is 1.56 bits per heavy atom. The van der Waals surface area contributed by atoms with Crippen molar-refractivity contribution in [2.24, 2.45) is 0 Å². The Bertz CT molecular complexity index is 1830. The first kappa shape index (κ1) is 30.6. The third kappa shape index (κ3) is 7.64. The maximum absolute atomic E-state index is 13.0. The molecule has 0 radical (unpaired) electrons. The second-order valence-corrected chi connectivity index (χ2v) is 13.9. The van der Waals surface area contributed by atoms with Crippen molar-refractivity contribution in [2.75, 3.05) is 43.5 Å². The van der Waals surface area contributed by atoms with Crippen LogP contribution in [0, 0.1) is 6.92 Å². The van der Waals surface area contributed by atoms with Crippen LogP contribution in [0.15, 0.2) is 106 Å². The highest BCUT2D eigenvalue weighted by molar-refractivity contribution is 7.99. The van der Waals surface area contributed by atoms with Crippen LogP contribution >= 0.6 is 11.8 Å². The number of aromatic nitrogens is 4. The fourth-order valence-electron chi connectivity index (χ4n) is 5.21. The van der Waals surface area contributed by atoms with E-state index in [4.69, 9.17) is 14.7 Å². The van der Waals surface area contributed by atoms with E-state index in [2.05, 4.69) is 49.6 Å². The highest BCUT2D eigenvalue weighted by atomic mass is 32.2. The van der Waals surface area contributed by atoms with Crippen LogP contribution < -0.4 is 15.0 Å². The average molecular weight is 642 g/mol. The predicted octanol–water partition coefficient (Wildman–Crippen LogP) is 5.71. The van der Waals surface area contributed by atoms with E-state index in [-0.39, 0.29) is 10.6 Å². The van der Waals surface area contributed by atoms with Gasteiger partial charge in [-0.25, -0.2) is 18.4 Å². The summed E-state index contributed by atoms with van der Waals surface area (Å²) in [5.74, 6) is 2.31. The zero-order chi connectivity index (χ0) is 31.2. The van der Waals surface area contributed by atoms with Gasteiger partial charge in [-0.15, -0.1) is 0 Å². The smallest absolute Gasteiger partial charge is 0.204 e. The van der Waals surface area contributed by atoms with E-state index in [0.29, 0.717) is 28.4 Å². The number of H-pyrrole nitrogens is 1. The Morgan fingerprint density at radius 1 is 0.889 bits per heavy atom. The van der Waals surface area contributed by atoms with Crippen molar-refractivity contribution in [3.8, 4) is 5.75 Å². The number of benzene rings is 3. The number of rotatable bonds is 11. The fraction of sp³-hybridized carbons (Fsp3) is 0.242. The van der Waals surface area contributed by atoms with Gasteiger partial charge >= 0.3 is 0 Å². The Labute approximate surface area is 267 Å². The SMILES string of the molecule is COc1c(Nc2cc(C)[nH]n2)nc(Sc2ccc(S(=O)(=O)Cc3ccccc3)cc2)nc1N1CCN(Cc2ccccc2)CC1. The van der Waals surface area contributed by atoms with E-state index in [1.165, 1.54) is 17.3 Å². The third-order valence-corrected chi connectivity index (χ3v) is 10.1. The summed E-state index contributed by atoms with van der Waals surface area (Å²) in [4.78, 5) is 15.5. The maximum Gasteiger partial charge on any atom is 0.204 e. The number of aryl methyl sites for hydroxylation is 1. The number of hydrogen-bond acceptors (Lipinski definition) is 10. The Kier molecular flexibility index (Phi) is 9.34. The molecule has 2 N–H and O–H groups in total. The van der Waals surface area contributed by atoms with Gasteiger partial charge in [0.2, 0.25) is 5.75 Å². The van der Waals surface area contributed by atoms with E-state index in [0.717, 1.165) is 48.9 Å². The van der Waals surface area contributed by atoms with Crippen molar-refractivity contribution in [2.45, 2.75) is 34.2 Å². The first-order chi connectivity index (χ1) is 21.9. The quantitative estimate of drug-likeness (QED) is 0.174. The summed E-state index contributed by atoms with van der Waals surface area (Å²) < 4.78 is 32.0. The third-order valence-electron chi connectivity index (χ3n) is 7.50. The minimum Gasteiger partial charge on any atom is -0.490 e. The molecule has 2 aromatic heterocycles. The number of methoxy groups -OCH3 is 1. The normalized spacial score (nSPS) is 14.0. The molecule has 0 bridgehead atoms. The van der Waals surface area contributed by atoms with Gasteiger partial charge in [0.1, 0.15) is 0 Å². The summed E-state index contributed by atoms with van der Waals surface area (Å²) in [5.41, 5.74) is 2.96. The monoisotopic (exact) mass is 641 g/mol. The van der Waals surface area contributed by atoms with Crippen molar-refractivity contribution >= 4 is 39.1 Å². The van der Waals surface area contributed by atoms with E-state index in [1.807, 2.05) is 49.4 Å². The Hall–Kier alpha value is -4.39. The molecule has 232 valence electrons. The number of sulfone groups is 1. The molecule has 0 aliphatic carbocycles.